The van der Waals surface area contributed by atoms with E-state index in [9.17, 15) is 9.59 Å². The van der Waals surface area contributed by atoms with E-state index in [1.165, 1.54) is 25.2 Å². The third-order valence-electron chi connectivity index (χ3n) is 5.70. The molecule has 0 bridgehead atoms. The van der Waals surface area contributed by atoms with Crippen LogP contribution in [-0.2, 0) is 11.3 Å². The van der Waals surface area contributed by atoms with Gasteiger partial charge in [-0.25, -0.2) is 0 Å². The third kappa shape index (κ3) is 6.07. The van der Waals surface area contributed by atoms with Gasteiger partial charge in [-0.15, -0.1) is 0 Å². The van der Waals surface area contributed by atoms with Crippen LogP contribution in [0.1, 0.15) is 48.2 Å². The zero-order chi connectivity index (χ0) is 22.4. The Labute approximate surface area is 184 Å². The van der Waals surface area contributed by atoms with E-state index in [4.69, 9.17) is 9.47 Å². The Kier molecular flexibility index (Phi) is 7.69. The van der Waals surface area contributed by atoms with Crippen molar-refractivity contribution in [3.05, 3.63) is 59.2 Å². The van der Waals surface area contributed by atoms with Crippen LogP contribution in [0.15, 0.2) is 42.5 Å². The summed E-state index contributed by atoms with van der Waals surface area (Å²) in [5.74, 6) is 1.37. The first-order valence-electron chi connectivity index (χ1n) is 10.8. The van der Waals surface area contributed by atoms with E-state index >= 15 is 0 Å². The number of piperazine rings is 1. The number of hydrogen-bond donors (Lipinski definition) is 0. The van der Waals surface area contributed by atoms with Gasteiger partial charge in [-0.2, -0.15) is 0 Å². The average molecular weight is 425 g/mol. The summed E-state index contributed by atoms with van der Waals surface area (Å²) in [6.07, 6.45) is 0. The fourth-order valence-electron chi connectivity index (χ4n) is 3.66. The Hall–Kier alpha value is -2.86. The molecule has 1 aliphatic heterocycles. The molecule has 3 rings (SSSR count). The van der Waals surface area contributed by atoms with Crippen molar-refractivity contribution >= 4 is 11.7 Å². The number of methoxy groups -OCH3 is 1. The van der Waals surface area contributed by atoms with Gasteiger partial charge in [0.05, 0.1) is 7.11 Å². The molecule has 1 aliphatic rings. The molecule has 2 aromatic carbocycles. The first kappa shape index (κ1) is 22.8. The van der Waals surface area contributed by atoms with E-state index < -0.39 is 0 Å². The largest absolute Gasteiger partial charge is 0.493 e. The van der Waals surface area contributed by atoms with Gasteiger partial charge in [0, 0.05) is 38.3 Å². The predicted octanol–water partition coefficient (Wildman–Crippen LogP) is 3.74. The van der Waals surface area contributed by atoms with Crippen molar-refractivity contribution in [2.75, 3.05) is 39.9 Å². The molecule has 2 aromatic rings. The van der Waals surface area contributed by atoms with Gasteiger partial charge in [0.25, 0.3) is 5.91 Å². The number of Topliss-reactive ketones (excluding diaryl/α,β-unsaturated/α-hetero) is 1. The molecule has 1 saturated heterocycles. The average Bonchev–Trinajstić information content (AvgIpc) is 2.78. The zero-order valence-corrected chi connectivity index (χ0v) is 18.9. The second-order valence-corrected chi connectivity index (χ2v) is 8.26. The van der Waals surface area contributed by atoms with Crippen LogP contribution in [0.3, 0.4) is 0 Å². The molecule has 31 heavy (non-hydrogen) atoms. The molecule has 1 heterocycles. The molecule has 0 spiro atoms. The summed E-state index contributed by atoms with van der Waals surface area (Å²) in [5.41, 5.74) is 3.20. The summed E-state index contributed by atoms with van der Waals surface area (Å²) in [7, 11) is 1.52. The summed E-state index contributed by atoms with van der Waals surface area (Å²) in [6, 6.07) is 13.8. The number of benzene rings is 2. The van der Waals surface area contributed by atoms with Crippen LogP contribution in [0.5, 0.6) is 11.5 Å². The lowest BCUT2D eigenvalue weighted by Gasteiger charge is -2.34. The summed E-state index contributed by atoms with van der Waals surface area (Å²) in [5, 5.41) is 0. The smallest absolute Gasteiger partial charge is 0.260 e. The maximum atomic E-state index is 12.6. The normalized spacial score (nSPS) is 14.5. The van der Waals surface area contributed by atoms with Gasteiger partial charge in [0.2, 0.25) is 0 Å². The molecule has 0 radical (unpaired) electrons. The summed E-state index contributed by atoms with van der Waals surface area (Å²) in [4.78, 5) is 28.3. The van der Waals surface area contributed by atoms with Crippen LogP contribution >= 0.6 is 0 Å². The van der Waals surface area contributed by atoms with E-state index in [2.05, 4.69) is 43.0 Å². The van der Waals surface area contributed by atoms with Gasteiger partial charge in [0.1, 0.15) is 0 Å². The number of carbonyl (C=O) groups excluding carboxylic acids is 2. The first-order valence-corrected chi connectivity index (χ1v) is 10.8. The Bertz CT molecular complexity index is 900. The summed E-state index contributed by atoms with van der Waals surface area (Å²) >= 11 is 0. The lowest BCUT2D eigenvalue weighted by Crippen LogP contribution is -2.49. The Morgan fingerprint density at radius 3 is 2.23 bits per heavy atom. The van der Waals surface area contributed by atoms with E-state index in [1.54, 1.807) is 18.2 Å². The van der Waals surface area contributed by atoms with Gasteiger partial charge in [0.15, 0.2) is 23.9 Å². The maximum Gasteiger partial charge on any atom is 0.260 e. The van der Waals surface area contributed by atoms with E-state index in [0.29, 0.717) is 36.1 Å². The highest BCUT2D eigenvalue weighted by Gasteiger charge is 2.22. The molecular weight excluding hydrogens is 392 g/mol. The first-order chi connectivity index (χ1) is 14.9. The molecule has 0 N–H and O–H groups in total. The van der Waals surface area contributed by atoms with Crippen LogP contribution < -0.4 is 9.47 Å². The van der Waals surface area contributed by atoms with Crippen molar-refractivity contribution in [1.29, 1.82) is 0 Å². The number of carbonyl (C=O) groups is 2. The van der Waals surface area contributed by atoms with Gasteiger partial charge in [-0.1, -0.05) is 38.1 Å². The topological polar surface area (TPSA) is 59.1 Å². The lowest BCUT2D eigenvalue weighted by atomic mass is 10.0. The van der Waals surface area contributed by atoms with Gasteiger partial charge in [-0.05, 0) is 42.2 Å². The number of amides is 1. The van der Waals surface area contributed by atoms with Gasteiger partial charge >= 0.3 is 0 Å². The minimum Gasteiger partial charge on any atom is -0.493 e. The molecule has 0 atom stereocenters. The van der Waals surface area contributed by atoms with Crippen molar-refractivity contribution in [2.45, 2.75) is 33.2 Å². The molecule has 0 saturated carbocycles. The Balaban J connectivity index is 1.47. The molecule has 0 aromatic heterocycles. The zero-order valence-electron chi connectivity index (χ0n) is 18.9. The molecule has 0 unspecified atom stereocenters. The molecule has 1 amide bonds. The summed E-state index contributed by atoms with van der Waals surface area (Å²) < 4.78 is 11.0. The van der Waals surface area contributed by atoms with Crippen molar-refractivity contribution in [3.63, 3.8) is 0 Å². The number of rotatable bonds is 8. The minimum atomic E-state index is -0.0492. The minimum absolute atomic E-state index is 0.0429. The SMILES string of the molecule is COc1cc(C(C)=O)ccc1OCC(=O)N1CCN(Cc2ccc(C(C)C)cc2)CC1. The number of nitrogens with zero attached hydrogens (tertiary/aromatic N) is 2. The monoisotopic (exact) mass is 424 g/mol. The Morgan fingerprint density at radius 2 is 1.65 bits per heavy atom. The molecule has 6 heteroatoms. The third-order valence-corrected chi connectivity index (χ3v) is 5.70. The maximum absolute atomic E-state index is 12.6. The second-order valence-electron chi connectivity index (χ2n) is 8.26. The quantitative estimate of drug-likeness (QED) is 0.604. The van der Waals surface area contributed by atoms with Gasteiger partial charge < -0.3 is 14.4 Å². The second kappa shape index (κ2) is 10.4. The van der Waals surface area contributed by atoms with Crippen LogP contribution in [0, 0.1) is 0 Å². The fourth-order valence-corrected chi connectivity index (χ4v) is 3.66. The van der Waals surface area contributed by atoms with E-state index in [-0.39, 0.29) is 18.3 Å². The van der Waals surface area contributed by atoms with Crippen LogP contribution in [0.2, 0.25) is 0 Å². The molecule has 166 valence electrons. The molecular formula is C25H32N2O4. The molecule has 6 nitrogen and oxygen atoms in total. The van der Waals surface area contributed by atoms with Crippen LogP contribution in [-0.4, -0.2) is 61.4 Å². The van der Waals surface area contributed by atoms with Crippen molar-refractivity contribution in [3.8, 4) is 11.5 Å². The van der Waals surface area contributed by atoms with E-state index in [1.807, 2.05) is 4.90 Å². The number of hydrogen-bond acceptors (Lipinski definition) is 5. The lowest BCUT2D eigenvalue weighted by molar-refractivity contribution is -0.135. The highest BCUT2D eigenvalue weighted by atomic mass is 16.5. The predicted molar refractivity (Wildman–Crippen MR) is 121 cm³/mol. The standard InChI is InChI=1S/C25H32N2O4/c1-18(2)21-7-5-20(6-8-21)16-26-11-13-27(14-12-26)25(29)17-31-23-10-9-22(19(3)28)15-24(23)30-4/h5-10,15,18H,11-14,16-17H2,1-4H3. The molecule has 1 fully saturated rings. The van der Waals surface area contributed by atoms with Crippen molar-refractivity contribution in [1.82, 2.24) is 9.80 Å². The molecule has 0 aliphatic carbocycles. The highest BCUT2D eigenvalue weighted by Crippen LogP contribution is 2.28. The fraction of sp³-hybridized carbons (Fsp3) is 0.440. The highest BCUT2D eigenvalue weighted by molar-refractivity contribution is 5.94. The van der Waals surface area contributed by atoms with Crippen LogP contribution in [0.4, 0.5) is 0 Å². The van der Waals surface area contributed by atoms with E-state index in [0.717, 1.165) is 19.6 Å². The van der Waals surface area contributed by atoms with Crippen molar-refractivity contribution in [2.24, 2.45) is 0 Å². The Morgan fingerprint density at radius 1 is 0.968 bits per heavy atom. The number of ketones is 1. The van der Waals surface area contributed by atoms with Gasteiger partial charge in [-0.3, -0.25) is 14.5 Å². The summed E-state index contributed by atoms with van der Waals surface area (Å²) in [6.45, 7) is 9.81. The number of ether oxygens (including phenoxy) is 2. The van der Waals surface area contributed by atoms with Crippen LogP contribution in [0.25, 0.3) is 0 Å². The van der Waals surface area contributed by atoms with Crippen molar-refractivity contribution < 1.29 is 19.1 Å².